The third kappa shape index (κ3) is 4.15. The van der Waals surface area contributed by atoms with Crippen molar-refractivity contribution in [3.63, 3.8) is 0 Å². The molecule has 0 saturated heterocycles. The maximum atomic E-state index is 13.4. The fraction of sp³-hybridized carbons (Fsp3) is 0.368. The van der Waals surface area contributed by atoms with E-state index in [1.807, 2.05) is 6.07 Å². The van der Waals surface area contributed by atoms with Crippen LogP contribution in [0.1, 0.15) is 41.6 Å². The minimum Gasteiger partial charge on any atom is -0.310 e. The fourth-order valence-electron chi connectivity index (χ4n) is 2.66. The van der Waals surface area contributed by atoms with E-state index in [2.05, 4.69) is 44.3 Å². The van der Waals surface area contributed by atoms with Gasteiger partial charge in [0, 0.05) is 6.04 Å². The van der Waals surface area contributed by atoms with Crippen LogP contribution in [0.15, 0.2) is 42.5 Å². The van der Waals surface area contributed by atoms with Gasteiger partial charge in [-0.15, -0.1) is 0 Å². The molecule has 2 aromatic carbocycles. The highest BCUT2D eigenvalue weighted by Crippen LogP contribution is 2.24. The van der Waals surface area contributed by atoms with Crippen molar-refractivity contribution in [3.05, 3.63) is 70.5 Å². The Kier molecular flexibility index (Phi) is 5.51. The zero-order valence-electron chi connectivity index (χ0n) is 13.1. The van der Waals surface area contributed by atoms with Crippen molar-refractivity contribution in [3.8, 4) is 0 Å². The zero-order valence-corrected chi connectivity index (χ0v) is 13.1. The monoisotopic (exact) mass is 285 g/mol. The van der Waals surface area contributed by atoms with Gasteiger partial charge in [-0.25, -0.2) is 4.39 Å². The summed E-state index contributed by atoms with van der Waals surface area (Å²) in [5, 5.41) is 3.60. The topological polar surface area (TPSA) is 12.0 Å². The van der Waals surface area contributed by atoms with E-state index in [9.17, 15) is 4.39 Å². The average Bonchev–Trinajstić information content (AvgIpc) is 2.47. The molecule has 0 aliphatic carbocycles. The second kappa shape index (κ2) is 7.37. The highest BCUT2D eigenvalue weighted by molar-refractivity contribution is 5.36. The van der Waals surface area contributed by atoms with Crippen molar-refractivity contribution < 1.29 is 4.39 Å². The van der Waals surface area contributed by atoms with Gasteiger partial charge in [-0.1, -0.05) is 37.3 Å². The summed E-state index contributed by atoms with van der Waals surface area (Å²) in [6.45, 7) is 7.43. The van der Waals surface area contributed by atoms with E-state index >= 15 is 0 Å². The van der Waals surface area contributed by atoms with Crippen LogP contribution in [0, 0.1) is 19.7 Å². The van der Waals surface area contributed by atoms with Crippen molar-refractivity contribution in [2.45, 2.75) is 39.7 Å². The molecular weight excluding hydrogens is 261 g/mol. The summed E-state index contributed by atoms with van der Waals surface area (Å²) in [7, 11) is 0. The van der Waals surface area contributed by atoms with Crippen LogP contribution in [-0.2, 0) is 6.42 Å². The van der Waals surface area contributed by atoms with Gasteiger partial charge in [0.1, 0.15) is 5.82 Å². The molecule has 2 heteroatoms. The summed E-state index contributed by atoms with van der Waals surface area (Å²) < 4.78 is 13.4. The largest absolute Gasteiger partial charge is 0.310 e. The predicted molar refractivity (Wildman–Crippen MR) is 87.1 cm³/mol. The van der Waals surface area contributed by atoms with Gasteiger partial charge in [-0.2, -0.15) is 0 Å². The Balaban J connectivity index is 2.27. The first-order valence-electron chi connectivity index (χ1n) is 7.65. The lowest BCUT2D eigenvalue weighted by molar-refractivity contribution is 0.525. The molecule has 0 spiro atoms. The second-order valence-electron chi connectivity index (χ2n) is 5.63. The minimum absolute atomic E-state index is 0.164. The average molecular weight is 285 g/mol. The van der Waals surface area contributed by atoms with Gasteiger partial charge in [0.25, 0.3) is 0 Å². The third-order valence-corrected chi connectivity index (χ3v) is 3.99. The van der Waals surface area contributed by atoms with Crippen LogP contribution in [0.5, 0.6) is 0 Å². The zero-order chi connectivity index (χ0) is 15.2. The van der Waals surface area contributed by atoms with Crippen LogP contribution in [0.3, 0.4) is 0 Å². The maximum Gasteiger partial charge on any atom is 0.123 e. The fourth-order valence-corrected chi connectivity index (χ4v) is 2.66. The van der Waals surface area contributed by atoms with Crippen LogP contribution >= 0.6 is 0 Å². The van der Waals surface area contributed by atoms with Crippen LogP contribution in [0.2, 0.25) is 0 Å². The number of aryl methyl sites for hydroxylation is 1. The summed E-state index contributed by atoms with van der Waals surface area (Å²) >= 11 is 0. The molecule has 0 fully saturated rings. The molecule has 2 aromatic rings. The van der Waals surface area contributed by atoms with E-state index in [1.165, 1.54) is 22.8 Å². The molecule has 1 N–H and O–H groups in total. The molecular formula is C19H24FN. The molecule has 1 atom stereocenters. The molecule has 0 aliphatic rings. The molecule has 0 heterocycles. The molecule has 0 aliphatic heterocycles. The van der Waals surface area contributed by atoms with Gasteiger partial charge in [0.05, 0.1) is 0 Å². The standard InChI is InChI=1S/C19H24FN/c1-4-11-21-19(13-16-8-6-9-17(20)12-16)18-10-5-7-14(2)15(18)3/h5-10,12,19,21H,4,11,13H2,1-3H3. The van der Waals surface area contributed by atoms with Gasteiger partial charge in [-0.3, -0.25) is 0 Å². The Hall–Kier alpha value is -1.67. The lowest BCUT2D eigenvalue weighted by Crippen LogP contribution is -2.25. The highest BCUT2D eigenvalue weighted by Gasteiger charge is 2.15. The first-order chi connectivity index (χ1) is 10.1. The predicted octanol–water partition coefficient (Wildman–Crippen LogP) is 4.73. The first-order valence-corrected chi connectivity index (χ1v) is 7.65. The van der Waals surface area contributed by atoms with Gasteiger partial charge in [-0.05, 0) is 67.6 Å². The van der Waals surface area contributed by atoms with Crippen molar-refractivity contribution in [1.29, 1.82) is 0 Å². The number of benzene rings is 2. The van der Waals surface area contributed by atoms with Crippen LogP contribution in [0.25, 0.3) is 0 Å². The van der Waals surface area contributed by atoms with Gasteiger partial charge >= 0.3 is 0 Å². The molecule has 0 radical (unpaired) electrons. The maximum absolute atomic E-state index is 13.4. The van der Waals surface area contributed by atoms with Crippen molar-refractivity contribution in [2.75, 3.05) is 6.54 Å². The third-order valence-electron chi connectivity index (χ3n) is 3.99. The van der Waals surface area contributed by atoms with Crippen LogP contribution in [-0.4, -0.2) is 6.54 Å². The lowest BCUT2D eigenvalue weighted by atomic mass is 9.93. The first kappa shape index (κ1) is 15.7. The van der Waals surface area contributed by atoms with E-state index in [-0.39, 0.29) is 11.9 Å². The van der Waals surface area contributed by atoms with Crippen LogP contribution < -0.4 is 5.32 Å². The number of hydrogen-bond acceptors (Lipinski definition) is 1. The second-order valence-corrected chi connectivity index (χ2v) is 5.63. The Morgan fingerprint density at radius 1 is 1.10 bits per heavy atom. The van der Waals surface area contributed by atoms with Crippen molar-refractivity contribution in [2.24, 2.45) is 0 Å². The normalized spacial score (nSPS) is 12.4. The summed E-state index contributed by atoms with van der Waals surface area (Å²) in [6.07, 6.45) is 1.90. The number of rotatable bonds is 6. The van der Waals surface area contributed by atoms with E-state index < -0.39 is 0 Å². The van der Waals surface area contributed by atoms with Gasteiger partial charge in [0.2, 0.25) is 0 Å². The summed E-state index contributed by atoms with van der Waals surface area (Å²) in [5.41, 5.74) is 4.97. The highest BCUT2D eigenvalue weighted by atomic mass is 19.1. The van der Waals surface area contributed by atoms with Gasteiger partial charge < -0.3 is 5.32 Å². The molecule has 21 heavy (non-hydrogen) atoms. The molecule has 0 bridgehead atoms. The molecule has 1 unspecified atom stereocenters. The van der Waals surface area contributed by atoms with Crippen molar-refractivity contribution >= 4 is 0 Å². The van der Waals surface area contributed by atoms with E-state index in [0.29, 0.717) is 0 Å². The smallest absolute Gasteiger partial charge is 0.123 e. The number of nitrogens with one attached hydrogen (secondary N) is 1. The van der Waals surface area contributed by atoms with E-state index in [4.69, 9.17) is 0 Å². The lowest BCUT2D eigenvalue weighted by Gasteiger charge is -2.22. The van der Waals surface area contributed by atoms with Crippen molar-refractivity contribution in [1.82, 2.24) is 5.32 Å². The van der Waals surface area contributed by atoms with E-state index in [1.54, 1.807) is 12.1 Å². The molecule has 1 nitrogen and oxygen atoms in total. The Labute approximate surface area is 127 Å². The SMILES string of the molecule is CCCNC(Cc1cccc(F)c1)c1cccc(C)c1C. The Morgan fingerprint density at radius 2 is 1.86 bits per heavy atom. The molecule has 0 aromatic heterocycles. The molecule has 112 valence electrons. The summed E-state index contributed by atoms with van der Waals surface area (Å²) in [5.74, 6) is -0.164. The Morgan fingerprint density at radius 3 is 2.57 bits per heavy atom. The van der Waals surface area contributed by atoms with Gasteiger partial charge in [0.15, 0.2) is 0 Å². The molecule has 0 amide bonds. The van der Waals surface area contributed by atoms with E-state index in [0.717, 1.165) is 24.9 Å². The number of hydrogen-bond donors (Lipinski definition) is 1. The minimum atomic E-state index is -0.164. The number of halogens is 1. The Bertz CT molecular complexity index is 592. The molecule has 2 rings (SSSR count). The summed E-state index contributed by atoms with van der Waals surface area (Å²) in [6, 6.07) is 13.5. The molecule has 0 saturated carbocycles. The quantitative estimate of drug-likeness (QED) is 0.809. The van der Waals surface area contributed by atoms with Crippen LogP contribution in [0.4, 0.5) is 4.39 Å². The summed E-state index contributed by atoms with van der Waals surface area (Å²) in [4.78, 5) is 0.